The van der Waals surface area contributed by atoms with Crippen LogP contribution in [0.25, 0.3) is 0 Å². The maximum absolute atomic E-state index is 14.4. The number of hydrogen-bond acceptors (Lipinski definition) is 3. The number of hydrogen-bond donors (Lipinski definition) is 5. The van der Waals surface area contributed by atoms with Crippen LogP contribution in [0.1, 0.15) is 22.4 Å². The summed E-state index contributed by atoms with van der Waals surface area (Å²) < 4.78 is 44.0. The molecule has 0 spiro atoms. The van der Waals surface area contributed by atoms with Crippen LogP contribution in [0.3, 0.4) is 0 Å². The minimum absolute atomic E-state index is 0.0382. The van der Waals surface area contributed by atoms with E-state index < -0.39 is 33.0 Å². The zero-order valence-corrected chi connectivity index (χ0v) is 15.4. The van der Waals surface area contributed by atoms with E-state index in [1.54, 1.807) is 0 Å². The number of amidine groups is 1. The lowest BCUT2D eigenvalue weighted by molar-refractivity contribution is -0.105. The fourth-order valence-corrected chi connectivity index (χ4v) is 5.94. The van der Waals surface area contributed by atoms with Gasteiger partial charge in [0.05, 0.1) is 6.04 Å². The topological polar surface area (TPSA) is 94.1 Å². The summed E-state index contributed by atoms with van der Waals surface area (Å²) in [7, 11) is -1.65. The zero-order valence-electron chi connectivity index (χ0n) is 14.5. The van der Waals surface area contributed by atoms with Gasteiger partial charge in [-0.1, -0.05) is 12.1 Å². The first kappa shape index (κ1) is 19.1. The summed E-state index contributed by atoms with van der Waals surface area (Å²) in [6.45, 7) is 0. The molecule has 1 aliphatic rings. The monoisotopic (exact) mass is 394 g/mol. The van der Waals surface area contributed by atoms with Gasteiger partial charge in [-0.2, -0.15) is 0 Å². The highest BCUT2D eigenvalue weighted by molar-refractivity contribution is 8.02. The van der Waals surface area contributed by atoms with Crippen molar-refractivity contribution >= 4 is 28.1 Å². The molecule has 0 radical (unpaired) electrons. The molecule has 6 nitrogen and oxygen atoms in total. The van der Waals surface area contributed by atoms with E-state index in [1.807, 2.05) is 0 Å². The molecule has 2 aromatic carbocycles. The van der Waals surface area contributed by atoms with E-state index in [1.165, 1.54) is 49.5 Å². The van der Waals surface area contributed by atoms with Gasteiger partial charge >= 0.3 is 0 Å². The van der Waals surface area contributed by atoms with Gasteiger partial charge in [-0.3, -0.25) is 19.1 Å². The van der Waals surface area contributed by atoms with Crippen LogP contribution in [-0.2, 0) is 14.9 Å². The molecule has 2 atom stereocenters. The lowest BCUT2D eigenvalue weighted by Crippen LogP contribution is -2.53. The Morgan fingerprint density at radius 3 is 2.56 bits per heavy atom. The van der Waals surface area contributed by atoms with Gasteiger partial charge in [0.2, 0.25) is 6.41 Å². The molecule has 0 bridgehead atoms. The Bertz CT molecular complexity index is 920. The van der Waals surface area contributed by atoms with E-state index >= 15 is 0 Å². The molecule has 0 aromatic heterocycles. The summed E-state index contributed by atoms with van der Waals surface area (Å²) in [6, 6.07) is 8.87. The van der Waals surface area contributed by atoms with Crippen LogP contribution in [0.2, 0.25) is 0 Å². The largest absolute Gasteiger partial charge is 0.365 e. The SMILES string of the molecule is CN[SH]1(=O)CC(c2cc(NC=O)ccc2F)NC(=N)C1c1ccc(F)cc1. The Balaban J connectivity index is 1.97. The molecule has 27 heavy (non-hydrogen) atoms. The summed E-state index contributed by atoms with van der Waals surface area (Å²) in [5.41, 5.74) is 1.15. The molecule has 144 valence electrons. The molecule has 2 unspecified atom stereocenters. The Kier molecular flexibility index (Phi) is 5.33. The number of rotatable bonds is 5. The van der Waals surface area contributed by atoms with E-state index in [-0.39, 0.29) is 17.2 Å². The molecule has 2 aromatic rings. The van der Waals surface area contributed by atoms with Gasteiger partial charge in [-0.15, -0.1) is 0 Å². The van der Waals surface area contributed by atoms with E-state index in [9.17, 15) is 17.8 Å². The summed E-state index contributed by atoms with van der Waals surface area (Å²) in [4.78, 5) is 10.6. The van der Waals surface area contributed by atoms with Crippen LogP contribution in [0.5, 0.6) is 0 Å². The number of benzene rings is 2. The van der Waals surface area contributed by atoms with Crippen molar-refractivity contribution in [3.8, 4) is 0 Å². The molecule has 0 aliphatic carbocycles. The third-order valence-corrected chi connectivity index (χ3v) is 7.69. The highest BCUT2D eigenvalue weighted by Crippen LogP contribution is 2.36. The molecule has 3 rings (SSSR count). The second kappa shape index (κ2) is 7.53. The lowest BCUT2D eigenvalue weighted by Gasteiger charge is -2.42. The maximum Gasteiger partial charge on any atom is 0.211 e. The van der Waals surface area contributed by atoms with Gasteiger partial charge < -0.3 is 10.6 Å². The molecular weight excluding hydrogens is 374 g/mol. The van der Waals surface area contributed by atoms with Crippen molar-refractivity contribution in [2.24, 2.45) is 0 Å². The number of halogens is 2. The number of nitrogens with one attached hydrogen (secondary N) is 4. The van der Waals surface area contributed by atoms with E-state index in [0.717, 1.165) is 0 Å². The minimum Gasteiger partial charge on any atom is -0.365 e. The summed E-state index contributed by atoms with van der Waals surface area (Å²) in [5.74, 6) is -0.939. The Morgan fingerprint density at radius 2 is 1.93 bits per heavy atom. The number of carbonyl (C=O) groups is 1. The van der Waals surface area contributed by atoms with Gasteiger partial charge in [0.25, 0.3) is 0 Å². The summed E-state index contributed by atoms with van der Waals surface area (Å²) in [5, 5.41) is 13.0. The van der Waals surface area contributed by atoms with Crippen LogP contribution in [-0.4, -0.2) is 29.3 Å². The summed E-state index contributed by atoms with van der Waals surface area (Å²) in [6.07, 6.45) is 0.483. The second-order valence-electron chi connectivity index (χ2n) is 6.26. The van der Waals surface area contributed by atoms with Crippen molar-refractivity contribution < 1.29 is 17.8 Å². The number of thiol groups is 1. The average Bonchev–Trinajstić information content (AvgIpc) is 2.64. The van der Waals surface area contributed by atoms with Crippen molar-refractivity contribution in [1.29, 1.82) is 5.41 Å². The highest BCUT2D eigenvalue weighted by Gasteiger charge is 2.40. The van der Waals surface area contributed by atoms with Crippen LogP contribution < -0.4 is 15.4 Å². The Morgan fingerprint density at radius 1 is 1.22 bits per heavy atom. The van der Waals surface area contributed by atoms with Crippen molar-refractivity contribution in [1.82, 2.24) is 10.0 Å². The lowest BCUT2D eigenvalue weighted by atomic mass is 10.0. The quantitative estimate of drug-likeness (QED) is 0.397. The molecule has 1 saturated heterocycles. The fraction of sp³-hybridized carbons (Fsp3) is 0.222. The number of carbonyl (C=O) groups excluding carboxylic acids is 1. The normalized spacial score (nSPS) is 22.6. The predicted octanol–water partition coefficient (Wildman–Crippen LogP) is 2.05. The summed E-state index contributed by atoms with van der Waals surface area (Å²) >= 11 is 0. The standard InChI is InChI=1S/C18H20F2N4O2S/c1-22-27(26)9-16(14-8-13(23-10-25)6-7-15(14)20)24-18(21)17(27)11-2-4-12(19)5-3-11/h2-8,10,16-17,27H,9H2,1H3,(H2,21,24)(H,22,26)(H,23,25). The van der Waals surface area contributed by atoms with Gasteiger partial charge in [0.1, 0.15) is 22.7 Å². The zero-order chi connectivity index (χ0) is 19.6. The fourth-order valence-electron chi connectivity index (χ4n) is 3.32. The second-order valence-corrected chi connectivity index (χ2v) is 9.18. The van der Waals surface area contributed by atoms with E-state index in [4.69, 9.17) is 5.41 Å². The van der Waals surface area contributed by atoms with Gasteiger partial charge in [0, 0.05) is 17.0 Å². The molecule has 1 amide bonds. The van der Waals surface area contributed by atoms with Crippen LogP contribution in [0.4, 0.5) is 14.5 Å². The van der Waals surface area contributed by atoms with Gasteiger partial charge in [-0.25, -0.2) is 8.78 Å². The predicted molar refractivity (Wildman–Crippen MR) is 102 cm³/mol. The van der Waals surface area contributed by atoms with Gasteiger partial charge in [0.15, 0.2) is 0 Å². The van der Waals surface area contributed by atoms with Crippen molar-refractivity contribution in [3.05, 3.63) is 65.2 Å². The third kappa shape index (κ3) is 3.74. The number of anilines is 1. The van der Waals surface area contributed by atoms with Gasteiger partial charge in [-0.05, 0) is 53.1 Å². The van der Waals surface area contributed by atoms with E-state index in [2.05, 4.69) is 15.4 Å². The van der Waals surface area contributed by atoms with Crippen molar-refractivity contribution in [3.63, 3.8) is 0 Å². The first-order valence-electron chi connectivity index (χ1n) is 8.26. The minimum atomic E-state index is -3.19. The van der Waals surface area contributed by atoms with Crippen LogP contribution >= 0.6 is 0 Å². The molecule has 1 heterocycles. The molecular formula is C18H20F2N4O2S. The van der Waals surface area contributed by atoms with Crippen LogP contribution in [0, 0.1) is 17.0 Å². The highest BCUT2D eigenvalue weighted by atomic mass is 32.3. The first-order valence-corrected chi connectivity index (χ1v) is 10.2. The molecule has 9 heteroatoms. The maximum atomic E-state index is 14.4. The average molecular weight is 394 g/mol. The van der Waals surface area contributed by atoms with E-state index in [0.29, 0.717) is 17.7 Å². The van der Waals surface area contributed by atoms with Crippen LogP contribution in [0.15, 0.2) is 42.5 Å². The Labute approximate surface area is 156 Å². The molecule has 4 N–H and O–H groups in total. The third-order valence-electron chi connectivity index (χ3n) is 4.64. The van der Waals surface area contributed by atoms with Crippen molar-refractivity contribution in [2.45, 2.75) is 11.3 Å². The molecule has 1 fully saturated rings. The molecule has 0 saturated carbocycles. The molecule has 1 aliphatic heterocycles. The number of amides is 1. The Hall–Kier alpha value is -2.65. The first-order chi connectivity index (χ1) is 12.9. The van der Waals surface area contributed by atoms with Crippen molar-refractivity contribution in [2.75, 3.05) is 18.1 Å². The smallest absolute Gasteiger partial charge is 0.211 e.